The largest absolute Gasteiger partial charge is 0.481 e. The Kier molecular flexibility index (Phi) is 24.4. The van der Waals surface area contributed by atoms with Crippen molar-refractivity contribution < 1.29 is 52.1 Å². The number of carbonyl (C=O) groups excluding carboxylic acids is 3. The number of hydrogen-bond acceptors (Lipinski definition) is 8. The Morgan fingerprint density at radius 3 is 1.76 bits per heavy atom. The third kappa shape index (κ3) is 21.4. The van der Waals surface area contributed by atoms with Crippen LogP contribution in [0.5, 0.6) is 5.75 Å². The molecule has 5 N–H and O–H groups in total. The van der Waals surface area contributed by atoms with E-state index in [4.69, 9.17) is 30.5 Å². The number of rotatable bonds is 10. The van der Waals surface area contributed by atoms with Crippen LogP contribution in [0.25, 0.3) is 0 Å². The lowest BCUT2D eigenvalue weighted by atomic mass is 10.0. The molecule has 0 radical (unpaired) electrons. The zero-order chi connectivity index (χ0) is 33.4. The quantitative estimate of drug-likeness (QED) is 0.115. The van der Waals surface area contributed by atoms with Gasteiger partial charge in [-0.2, -0.15) is 0 Å². The molecular formula is C29H42F2N2O9. The van der Waals surface area contributed by atoms with Gasteiger partial charge in [0.15, 0.2) is 0 Å². The standard InChI is InChI=1S/C17H18N2O4.C5H8O4.C4H8O.C2H6.CH2F2/c1-10(11(2)20)9-14-7-8-15(22-14)17(21)23-13-5-3-12(4-6-13)16(18)19;1-3(5(8)9)2-4(6)7;1-3-4(2)5;1-2;2-1-3/h3-8,10H,9H2,1-2H3,(H3,18,19);3H,2H2,1H3,(H,6,7)(H,8,9);3H2,1-2H3;1-2H3;1H2/t;3-;;;/m.0.../s1. The lowest BCUT2D eigenvalue weighted by molar-refractivity contribution is -0.147. The molecule has 0 amide bonds. The minimum absolute atomic E-state index is 0.0573. The van der Waals surface area contributed by atoms with Crippen molar-refractivity contribution in [2.24, 2.45) is 17.6 Å². The molecule has 1 aromatic heterocycles. The molecule has 0 aliphatic heterocycles. The number of nitrogen functional groups attached to an aromatic ring is 1. The Morgan fingerprint density at radius 2 is 1.43 bits per heavy atom. The zero-order valence-electron chi connectivity index (χ0n) is 25.0. The summed E-state index contributed by atoms with van der Waals surface area (Å²) in [5, 5.41) is 23.5. The molecule has 1 unspecified atom stereocenters. The van der Waals surface area contributed by atoms with Crippen LogP contribution in [0.3, 0.4) is 0 Å². The number of ketones is 2. The number of ether oxygens (including phenoxy) is 1. The van der Waals surface area contributed by atoms with Gasteiger partial charge in [-0.1, -0.05) is 34.6 Å². The number of benzene rings is 1. The Bertz CT molecular complexity index is 1120. The minimum atomic E-state index is -1.75. The third-order valence-electron chi connectivity index (χ3n) is 4.84. The first-order valence-corrected chi connectivity index (χ1v) is 12.9. The van der Waals surface area contributed by atoms with Crippen LogP contribution < -0.4 is 10.5 Å². The fourth-order valence-electron chi connectivity index (χ4n) is 2.25. The molecule has 11 nitrogen and oxygen atoms in total. The highest BCUT2D eigenvalue weighted by Crippen LogP contribution is 2.17. The molecule has 0 spiro atoms. The first kappa shape index (κ1) is 42.1. The van der Waals surface area contributed by atoms with Gasteiger partial charge < -0.3 is 29.9 Å². The number of nitrogens with two attached hydrogens (primary N) is 1. The molecule has 2 rings (SSSR count). The number of hydrogen-bond donors (Lipinski definition) is 4. The smallest absolute Gasteiger partial charge is 0.379 e. The summed E-state index contributed by atoms with van der Waals surface area (Å²) in [6, 6.07) is 9.47. The Hall–Kier alpha value is -4.42. The summed E-state index contributed by atoms with van der Waals surface area (Å²) in [6.07, 6.45) is 0.797. The van der Waals surface area contributed by atoms with Crippen LogP contribution >= 0.6 is 0 Å². The molecule has 2 atom stereocenters. The van der Waals surface area contributed by atoms with E-state index >= 15 is 0 Å². The lowest BCUT2D eigenvalue weighted by Crippen LogP contribution is -2.13. The second-order valence-corrected chi connectivity index (χ2v) is 8.30. The fourth-order valence-corrected chi connectivity index (χ4v) is 2.25. The van der Waals surface area contributed by atoms with Crippen molar-refractivity contribution >= 4 is 35.3 Å². The number of alkyl halides is 2. The van der Waals surface area contributed by atoms with Gasteiger partial charge in [0.1, 0.15) is 28.9 Å². The molecule has 0 saturated carbocycles. The van der Waals surface area contributed by atoms with Gasteiger partial charge in [-0.15, -0.1) is 0 Å². The molecule has 0 saturated heterocycles. The van der Waals surface area contributed by atoms with Gasteiger partial charge in [0.2, 0.25) is 12.7 Å². The van der Waals surface area contributed by atoms with Crippen LogP contribution in [0.1, 0.15) is 83.2 Å². The van der Waals surface area contributed by atoms with Crippen LogP contribution in [0, 0.1) is 17.2 Å². The maximum atomic E-state index is 12.0. The number of amidine groups is 1. The van der Waals surface area contributed by atoms with Gasteiger partial charge in [-0.3, -0.25) is 19.8 Å². The number of Topliss-reactive ketones (excluding diaryl/α,β-unsaturated/α-hetero) is 2. The Morgan fingerprint density at radius 1 is 0.952 bits per heavy atom. The van der Waals surface area contributed by atoms with Crippen LogP contribution in [0.15, 0.2) is 40.8 Å². The average Bonchev–Trinajstić information content (AvgIpc) is 3.39. The molecule has 0 aliphatic carbocycles. The summed E-state index contributed by atoms with van der Waals surface area (Å²) in [5.74, 6) is -2.50. The summed E-state index contributed by atoms with van der Waals surface area (Å²) < 4.78 is 29.9. The van der Waals surface area contributed by atoms with E-state index in [1.165, 1.54) is 19.9 Å². The molecule has 42 heavy (non-hydrogen) atoms. The molecule has 0 fully saturated rings. The number of carbonyl (C=O) groups is 5. The van der Waals surface area contributed by atoms with Crippen LogP contribution in [0.4, 0.5) is 8.78 Å². The highest BCUT2D eigenvalue weighted by Gasteiger charge is 2.17. The number of aliphatic carboxylic acids is 2. The van der Waals surface area contributed by atoms with E-state index in [1.807, 2.05) is 20.8 Å². The van der Waals surface area contributed by atoms with Crippen molar-refractivity contribution in [3.8, 4) is 5.75 Å². The maximum Gasteiger partial charge on any atom is 0.379 e. The third-order valence-corrected chi connectivity index (χ3v) is 4.84. The molecule has 0 bridgehead atoms. The molecule has 13 heteroatoms. The van der Waals surface area contributed by atoms with Crippen LogP contribution in [-0.4, -0.2) is 52.5 Å². The van der Waals surface area contributed by atoms with E-state index in [0.717, 1.165) is 0 Å². The van der Waals surface area contributed by atoms with Gasteiger partial charge in [0.05, 0.1) is 12.3 Å². The number of nitrogens with one attached hydrogen (secondary N) is 1. The molecule has 236 valence electrons. The van der Waals surface area contributed by atoms with Gasteiger partial charge >= 0.3 is 17.9 Å². The first-order valence-electron chi connectivity index (χ1n) is 12.9. The van der Waals surface area contributed by atoms with Crippen LogP contribution in [0.2, 0.25) is 0 Å². The molecule has 1 heterocycles. The van der Waals surface area contributed by atoms with E-state index in [2.05, 4.69) is 0 Å². The number of carboxylic acid groups (broad SMARTS) is 2. The Balaban J connectivity index is -0.000000659. The van der Waals surface area contributed by atoms with E-state index < -0.39 is 30.8 Å². The molecule has 1 aromatic carbocycles. The van der Waals surface area contributed by atoms with E-state index in [1.54, 1.807) is 44.2 Å². The molecule has 0 aliphatic rings. The second-order valence-electron chi connectivity index (χ2n) is 8.30. The summed E-state index contributed by atoms with van der Waals surface area (Å²) in [5.41, 5.74) is 5.90. The number of carboxylic acids is 2. The summed E-state index contributed by atoms with van der Waals surface area (Å²) in [4.78, 5) is 52.9. The van der Waals surface area contributed by atoms with Crippen molar-refractivity contribution in [2.75, 3.05) is 6.93 Å². The normalized spacial score (nSPS) is 10.6. The Labute approximate surface area is 244 Å². The number of esters is 1. The van der Waals surface area contributed by atoms with Gasteiger partial charge in [0, 0.05) is 24.3 Å². The van der Waals surface area contributed by atoms with Crippen molar-refractivity contribution in [1.82, 2.24) is 0 Å². The lowest BCUT2D eigenvalue weighted by Gasteiger charge is -2.05. The highest BCUT2D eigenvalue weighted by atomic mass is 19.3. The maximum absolute atomic E-state index is 12.0. The number of halogens is 2. The monoisotopic (exact) mass is 600 g/mol. The van der Waals surface area contributed by atoms with E-state index in [0.29, 0.717) is 29.9 Å². The van der Waals surface area contributed by atoms with Crippen molar-refractivity contribution in [2.45, 2.75) is 67.7 Å². The highest BCUT2D eigenvalue weighted by molar-refractivity contribution is 5.95. The van der Waals surface area contributed by atoms with Crippen LogP contribution in [-0.2, 0) is 25.6 Å². The van der Waals surface area contributed by atoms with Gasteiger partial charge in [-0.25, -0.2) is 13.6 Å². The summed E-state index contributed by atoms with van der Waals surface area (Å²) in [7, 11) is 0. The first-order chi connectivity index (χ1) is 19.6. The van der Waals surface area contributed by atoms with Crippen molar-refractivity contribution in [3.05, 3.63) is 53.5 Å². The summed E-state index contributed by atoms with van der Waals surface area (Å²) >= 11 is 0. The zero-order valence-corrected chi connectivity index (χ0v) is 25.0. The SMILES string of the molecule is CC.CC(=O)C(C)Cc1ccc(C(=O)Oc2ccc(C(=N)N)cc2)o1.CCC(C)=O.C[C@@H](CC(=O)O)C(=O)O.FCF. The van der Waals surface area contributed by atoms with Crippen molar-refractivity contribution in [3.63, 3.8) is 0 Å². The summed E-state index contributed by atoms with van der Waals surface area (Å²) in [6.45, 7) is 10.4. The van der Waals surface area contributed by atoms with E-state index in [9.17, 15) is 32.8 Å². The molecular weight excluding hydrogens is 558 g/mol. The van der Waals surface area contributed by atoms with Gasteiger partial charge in [-0.05, 0) is 50.2 Å². The second kappa shape index (κ2) is 24.4. The average molecular weight is 601 g/mol. The van der Waals surface area contributed by atoms with Crippen molar-refractivity contribution in [1.29, 1.82) is 5.41 Å². The molecule has 2 aromatic rings. The topological polar surface area (TPSA) is 198 Å². The van der Waals surface area contributed by atoms with Gasteiger partial charge in [0.25, 0.3) is 0 Å². The predicted octanol–water partition coefficient (Wildman–Crippen LogP) is 5.63. The number of furan rings is 1. The predicted molar refractivity (Wildman–Crippen MR) is 153 cm³/mol. The fraction of sp³-hybridized carbons (Fsp3) is 0.448. The van der Waals surface area contributed by atoms with E-state index in [-0.39, 0.29) is 35.5 Å². The minimum Gasteiger partial charge on any atom is -0.481 e.